The summed E-state index contributed by atoms with van der Waals surface area (Å²) in [4.78, 5) is 1.07. The van der Waals surface area contributed by atoms with Gasteiger partial charge < -0.3 is 0 Å². The number of hydrogen-bond donors (Lipinski definition) is 0. The molecule has 1 aromatic heterocycles. The molecule has 1 aromatic rings. The molecule has 0 fully saturated rings. The average molecular weight is 433 g/mol. The van der Waals surface area contributed by atoms with Crippen LogP contribution >= 0.6 is 81.6 Å². The van der Waals surface area contributed by atoms with Crippen LogP contribution in [0.25, 0.3) is 0 Å². The van der Waals surface area contributed by atoms with Crippen molar-refractivity contribution in [2.45, 2.75) is 24.0 Å². The molecule has 1 heterocycles. The molecule has 0 saturated carbocycles. The van der Waals surface area contributed by atoms with Crippen LogP contribution in [0.4, 0.5) is 0 Å². The minimum atomic E-state index is -3.69. The van der Waals surface area contributed by atoms with Crippen molar-refractivity contribution in [3.63, 3.8) is 0 Å². The second-order valence-corrected chi connectivity index (χ2v) is 23.6. The van der Waals surface area contributed by atoms with E-state index in [4.69, 9.17) is 66.9 Å². The van der Waals surface area contributed by atoms with Gasteiger partial charge in [0, 0.05) is 15.6 Å². The maximum atomic E-state index is 10.8. The summed E-state index contributed by atoms with van der Waals surface area (Å²) >= 11 is 26.1. The normalized spacial score (nSPS) is 14.3. The van der Waals surface area contributed by atoms with Crippen molar-refractivity contribution in [3.05, 3.63) is 17.0 Å². The topological polar surface area (TPSA) is 34.1 Å². The van der Waals surface area contributed by atoms with Gasteiger partial charge in [0.2, 0.25) is 0 Å². The van der Waals surface area contributed by atoms with E-state index in [9.17, 15) is 8.42 Å². The summed E-state index contributed by atoms with van der Waals surface area (Å²) in [6.45, 7) is 2.05. The third-order valence-corrected chi connectivity index (χ3v) is 4.61. The van der Waals surface area contributed by atoms with Gasteiger partial charge in [-0.1, -0.05) is 13.3 Å². The second kappa shape index (κ2) is 7.20. The van der Waals surface area contributed by atoms with E-state index >= 15 is 0 Å². The zero-order valence-corrected chi connectivity index (χ0v) is 16.0. The molecule has 11 heteroatoms. The van der Waals surface area contributed by atoms with Gasteiger partial charge in [0.1, 0.15) is 4.21 Å². The van der Waals surface area contributed by atoms with Crippen LogP contribution in [0.2, 0.25) is 0 Å². The first-order chi connectivity index (χ1) is 7.77. The van der Waals surface area contributed by atoms with Gasteiger partial charge in [-0.2, -0.15) is 0 Å². The van der Waals surface area contributed by atoms with E-state index in [2.05, 4.69) is 6.92 Å². The van der Waals surface area contributed by atoms with Gasteiger partial charge in [0.25, 0.3) is 9.05 Å². The molecule has 0 spiro atoms. The fourth-order valence-electron chi connectivity index (χ4n) is 0.870. The first-order valence-electron chi connectivity index (χ1n) is 4.42. The van der Waals surface area contributed by atoms with Crippen LogP contribution in [0.1, 0.15) is 18.2 Å². The molecule has 0 radical (unpaired) electrons. The van der Waals surface area contributed by atoms with Crippen LogP contribution in [0, 0.1) is 0 Å². The van der Waals surface area contributed by atoms with Crippen LogP contribution in [0.15, 0.2) is 16.3 Å². The molecule has 108 valence electrons. The molecule has 18 heavy (non-hydrogen) atoms. The molecule has 0 unspecified atom stereocenters. The molecule has 0 saturated heterocycles. The minimum absolute atomic E-state index is 0.243. The molecular weight excluding hydrogens is 424 g/mol. The van der Waals surface area contributed by atoms with Crippen molar-refractivity contribution in [3.8, 4) is 0 Å². The van der Waals surface area contributed by atoms with Crippen LogP contribution in [-0.4, -0.2) is 8.42 Å². The van der Waals surface area contributed by atoms with Crippen molar-refractivity contribution in [2.75, 3.05) is 0 Å². The van der Waals surface area contributed by atoms with Crippen molar-refractivity contribution in [2.24, 2.45) is 0 Å². The number of hydrogen-bond acceptors (Lipinski definition) is 3. The predicted octanol–water partition coefficient (Wildman–Crippen LogP) is 6.94. The summed E-state index contributed by atoms with van der Waals surface area (Å²) in [5.41, 5.74) is 0. The first-order valence-corrected chi connectivity index (χ1v) is 14.3. The average Bonchev–Trinajstić information content (AvgIpc) is 2.47. The Balaban J connectivity index is 0.000000411. The van der Waals surface area contributed by atoms with E-state index < -0.39 is 12.4 Å². The van der Waals surface area contributed by atoms with Gasteiger partial charge >= 0.3 is 59.6 Å². The Labute approximate surface area is 139 Å². The standard InChI is InChI=1S/C7H9ClO2S2.Cl5P/c1-2-3-6-4-5-7(11-6)12(8,9)10;1-6(2,3,4)5/h4-5H,2-3H2,1H3;. The van der Waals surface area contributed by atoms with Crippen LogP contribution in [-0.2, 0) is 15.5 Å². The Morgan fingerprint density at radius 2 is 1.61 bits per heavy atom. The van der Waals surface area contributed by atoms with Crippen molar-refractivity contribution >= 4 is 90.6 Å². The number of rotatable bonds is 3. The predicted molar refractivity (Wildman–Crippen MR) is 87.5 cm³/mol. The van der Waals surface area contributed by atoms with E-state index in [1.165, 1.54) is 11.3 Å². The molecular formula is C7H9Cl6O2PS2. The summed E-state index contributed by atoms with van der Waals surface area (Å²) < 4.78 is 18.2. The molecule has 0 amide bonds. The van der Waals surface area contributed by atoms with Crippen molar-refractivity contribution < 1.29 is 8.42 Å². The third kappa shape index (κ3) is 12.8. The maximum absolute atomic E-state index is 10.8. The van der Waals surface area contributed by atoms with Gasteiger partial charge in [0.15, 0.2) is 0 Å². The fourth-order valence-corrected chi connectivity index (χ4v) is 3.09. The Morgan fingerprint density at radius 1 is 1.17 bits per heavy atom. The molecule has 0 bridgehead atoms. The van der Waals surface area contributed by atoms with E-state index in [-0.39, 0.29) is 4.21 Å². The number of halogens is 6. The summed E-state index contributed by atoms with van der Waals surface area (Å²) in [6.07, 6.45) is 1.93. The Morgan fingerprint density at radius 3 is 1.89 bits per heavy atom. The Hall–Kier alpha value is 1.82. The molecule has 1 rings (SSSR count). The van der Waals surface area contributed by atoms with Gasteiger partial charge in [-0.3, -0.25) is 0 Å². The van der Waals surface area contributed by atoms with Gasteiger partial charge in [0.05, 0.1) is 0 Å². The van der Waals surface area contributed by atoms with Crippen LogP contribution in [0.5, 0.6) is 0 Å². The molecule has 0 aliphatic carbocycles. The Kier molecular flexibility index (Phi) is 7.92. The summed E-state index contributed by atoms with van der Waals surface area (Å²) in [5.74, 6) is 0. The van der Waals surface area contributed by atoms with Gasteiger partial charge in [-0.05, 0) is 18.6 Å². The summed E-state index contributed by atoms with van der Waals surface area (Å²) in [6, 6.07) is 3.36. The molecule has 2 nitrogen and oxygen atoms in total. The third-order valence-electron chi connectivity index (χ3n) is 1.37. The molecule has 0 N–H and O–H groups in total. The number of aryl methyl sites for hydroxylation is 1. The first kappa shape index (κ1) is 19.8. The van der Waals surface area contributed by atoms with Crippen LogP contribution < -0.4 is 0 Å². The summed E-state index contributed by atoms with van der Waals surface area (Å²) in [7, 11) is 1.65. The molecule has 0 aliphatic heterocycles. The second-order valence-electron chi connectivity index (χ2n) is 3.05. The fraction of sp³-hybridized carbons (Fsp3) is 0.429. The van der Waals surface area contributed by atoms with E-state index in [0.29, 0.717) is 0 Å². The molecule has 0 atom stereocenters. The van der Waals surface area contributed by atoms with Gasteiger partial charge in [-0.15, -0.1) is 11.3 Å². The number of thiophene rings is 1. The zero-order chi connectivity index (χ0) is 14.6. The quantitative estimate of drug-likeness (QED) is 0.383. The van der Waals surface area contributed by atoms with E-state index in [1.54, 1.807) is 6.07 Å². The summed E-state index contributed by atoms with van der Waals surface area (Å²) in [5, 5.41) is 0. The molecule has 0 aliphatic rings. The van der Waals surface area contributed by atoms with Gasteiger partial charge in [-0.25, -0.2) is 8.42 Å². The van der Waals surface area contributed by atoms with E-state index in [1.807, 2.05) is 6.07 Å². The SMILES string of the molecule is CCCc1ccc(S(=O)(=O)Cl)s1.ClP(Cl)(Cl)(Cl)Cl. The molecule has 0 aromatic carbocycles. The van der Waals surface area contributed by atoms with Crippen molar-refractivity contribution in [1.82, 2.24) is 0 Å². The van der Waals surface area contributed by atoms with Crippen LogP contribution in [0.3, 0.4) is 0 Å². The monoisotopic (exact) mass is 430 g/mol. The van der Waals surface area contributed by atoms with Crippen molar-refractivity contribution in [1.29, 1.82) is 0 Å². The zero-order valence-electron chi connectivity index (χ0n) is 8.92. The Bertz CT molecular complexity index is 473. The van der Waals surface area contributed by atoms with E-state index in [0.717, 1.165) is 17.7 Å².